The summed E-state index contributed by atoms with van der Waals surface area (Å²) in [6, 6.07) is 10.6. The number of hydrogen-bond donors (Lipinski definition) is 0. The molecule has 0 aliphatic carbocycles. The van der Waals surface area contributed by atoms with Crippen molar-refractivity contribution in [2.24, 2.45) is 5.41 Å². The van der Waals surface area contributed by atoms with Crippen LogP contribution in [0.25, 0.3) is 0 Å². The van der Waals surface area contributed by atoms with Crippen molar-refractivity contribution >= 4 is 11.9 Å². The molecule has 0 saturated heterocycles. The molecule has 10 nitrogen and oxygen atoms in total. The lowest BCUT2D eigenvalue weighted by Gasteiger charge is -2.32. The summed E-state index contributed by atoms with van der Waals surface area (Å²) in [7, 11) is 0. The van der Waals surface area contributed by atoms with E-state index >= 15 is 0 Å². The first kappa shape index (κ1) is 74.7. The van der Waals surface area contributed by atoms with Crippen LogP contribution in [0.15, 0.2) is 36.4 Å². The highest BCUT2D eigenvalue weighted by Gasteiger charge is 2.36. The summed E-state index contributed by atoms with van der Waals surface area (Å²) in [5.74, 6) is 6.02. The molecule has 2 rings (SSSR count). The molecule has 0 heterocycles. The molecule has 0 N–H and O–H groups in total. The molecule has 0 aliphatic rings. The summed E-state index contributed by atoms with van der Waals surface area (Å²) in [5.41, 5.74) is -0.622. The highest BCUT2D eigenvalue weighted by molar-refractivity contribution is 5.91. The van der Waals surface area contributed by atoms with Gasteiger partial charge in [-0.15, -0.1) is 12.8 Å². The third-order valence-corrected chi connectivity index (χ3v) is 15.5. The minimum absolute atomic E-state index is 0.0187. The Kier molecular flexibility index (Phi) is 48.9. The highest BCUT2D eigenvalue weighted by atomic mass is 16.6. The van der Waals surface area contributed by atoms with Gasteiger partial charge in [-0.3, -0.25) is 0 Å². The summed E-state index contributed by atoms with van der Waals surface area (Å²) < 4.78 is 49.3. The van der Waals surface area contributed by atoms with Gasteiger partial charge in [-0.2, -0.15) is 0 Å². The van der Waals surface area contributed by atoms with Gasteiger partial charge in [-0.25, -0.2) is 9.59 Å². The Morgan fingerprint density at radius 1 is 0.325 bits per heavy atom. The van der Waals surface area contributed by atoms with E-state index in [0.717, 1.165) is 51.4 Å². The van der Waals surface area contributed by atoms with Gasteiger partial charge in [0.15, 0.2) is 0 Å². The van der Waals surface area contributed by atoms with Crippen molar-refractivity contribution in [3.63, 3.8) is 0 Å². The van der Waals surface area contributed by atoms with Crippen LogP contribution in [0, 0.1) is 30.1 Å². The molecule has 0 radical (unpaired) electrons. The molecule has 0 spiro atoms. The lowest BCUT2D eigenvalue weighted by Crippen LogP contribution is -2.43. The Hall–Kier alpha value is -4.38. The molecule has 0 bridgehead atoms. The predicted octanol–water partition coefficient (Wildman–Crippen LogP) is 20.2. The van der Waals surface area contributed by atoms with Crippen LogP contribution in [0.2, 0.25) is 0 Å². The van der Waals surface area contributed by atoms with E-state index in [2.05, 4.69) is 39.5 Å². The van der Waals surface area contributed by atoms with Crippen molar-refractivity contribution in [2.45, 2.75) is 285 Å². The van der Waals surface area contributed by atoms with Crippen LogP contribution in [0.3, 0.4) is 0 Å². The number of unbranched alkanes of at least 4 members (excludes halogenated alkanes) is 36. The Morgan fingerprint density at radius 3 is 0.759 bits per heavy atom. The number of hydrogen-bond acceptors (Lipinski definition) is 10. The predicted molar refractivity (Wildman–Crippen MR) is 345 cm³/mol. The minimum Gasteiger partial charge on any atom is -0.493 e. The van der Waals surface area contributed by atoms with E-state index in [9.17, 15) is 9.59 Å². The number of ether oxygens (including phenoxy) is 8. The number of carbonyl (C=O) groups is 2. The Balaban J connectivity index is 2.25. The van der Waals surface area contributed by atoms with E-state index in [0.29, 0.717) is 49.4 Å². The molecular weight excluding hydrogens is 1040 g/mol. The second kappa shape index (κ2) is 54.3. The van der Waals surface area contributed by atoms with Crippen molar-refractivity contribution in [1.82, 2.24) is 0 Å². The fourth-order valence-corrected chi connectivity index (χ4v) is 10.3. The normalized spacial score (nSPS) is 11.3. The zero-order valence-electron chi connectivity index (χ0n) is 53.6. The van der Waals surface area contributed by atoms with E-state index in [1.807, 2.05) is 12.1 Å². The third-order valence-electron chi connectivity index (χ3n) is 15.5. The molecule has 83 heavy (non-hydrogen) atoms. The van der Waals surface area contributed by atoms with E-state index in [1.54, 1.807) is 24.3 Å². The fraction of sp³-hybridized carbons (Fsp3) is 0.753. The molecule has 0 atom stereocenters. The van der Waals surface area contributed by atoms with Crippen LogP contribution >= 0.6 is 0 Å². The summed E-state index contributed by atoms with van der Waals surface area (Å²) in [6.45, 7) is 10.5. The van der Waals surface area contributed by atoms with Crippen molar-refractivity contribution in [1.29, 1.82) is 0 Å². The number of carbonyl (C=O) groups excluding carboxylic acids is 2. The van der Waals surface area contributed by atoms with Gasteiger partial charge in [0.05, 0.1) is 56.2 Å². The largest absolute Gasteiger partial charge is 0.493 e. The van der Waals surface area contributed by atoms with Gasteiger partial charge in [0.1, 0.15) is 49.4 Å². The number of rotatable bonds is 60. The van der Waals surface area contributed by atoms with E-state index in [4.69, 9.17) is 50.7 Å². The third kappa shape index (κ3) is 41.3. The van der Waals surface area contributed by atoms with Crippen LogP contribution in [0.1, 0.15) is 305 Å². The monoisotopic (exact) mass is 1160 g/mol. The molecule has 0 amide bonds. The molecular formula is C73H120O10. The molecule has 2 aromatic carbocycles. The van der Waals surface area contributed by atoms with E-state index < -0.39 is 17.4 Å². The summed E-state index contributed by atoms with van der Waals surface area (Å²) in [5, 5.41) is 0. The lowest BCUT2D eigenvalue weighted by atomic mass is 9.92. The second-order valence-corrected chi connectivity index (χ2v) is 23.6. The van der Waals surface area contributed by atoms with Gasteiger partial charge >= 0.3 is 11.9 Å². The summed E-state index contributed by atoms with van der Waals surface area (Å²) in [6.07, 6.45) is 60.4. The van der Waals surface area contributed by atoms with Crippen LogP contribution in [-0.2, 0) is 18.9 Å². The molecule has 0 saturated carbocycles. The van der Waals surface area contributed by atoms with Crippen LogP contribution < -0.4 is 18.9 Å². The van der Waals surface area contributed by atoms with Gasteiger partial charge in [0.25, 0.3) is 0 Å². The van der Waals surface area contributed by atoms with Crippen LogP contribution in [0.5, 0.6) is 23.0 Å². The first-order valence-corrected chi connectivity index (χ1v) is 34.0. The van der Waals surface area contributed by atoms with Gasteiger partial charge in [-0.1, -0.05) is 271 Å². The number of terminal acetylenes is 2. The van der Waals surface area contributed by atoms with Crippen molar-refractivity contribution < 1.29 is 47.5 Å². The maximum absolute atomic E-state index is 14.2. The van der Waals surface area contributed by atoms with Gasteiger partial charge < -0.3 is 37.9 Å². The summed E-state index contributed by atoms with van der Waals surface area (Å²) in [4.78, 5) is 28.5. The summed E-state index contributed by atoms with van der Waals surface area (Å²) >= 11 is 0. The topological polar surface area (TPSA) is 108 Å². The van der Waals surface area contributed by atoms with Crippen LogP contribution in [0.4, 0.5) is 0 Å². The average Bonchev–Trinajstić information content (AvgIpc) is 3.60. The Bertz CT molecular complexity index is 1710. The molecule has 0 aliphatic heterocycles. The minimum atomic E-state index is -1.18. The van der Waals surface area contributed by atoms with Crippen LogP contribution in [-0.4, -0.2) is 78.0 Å². The highest BCUT2D eigenvalue weighted by Crippen LogP contribution is 2.29. The molecule has 0 unspecified atom stereocenters. The Labute approximate surface area is 508 Å². The number of benzene rings is 2. The van der Waals surface area contributed by atoms with Gasteiger partial charge in [-0.05, 0) is 49.9 Å². The fourth-order valence-electron chi connectivity index (χ4n) is 10.3. The standard InChI is InChI=1S/C73H120O10/c1-7-13-17-21-25-29-33-37-41-45-51-78-67-55-65(56-68(59-67)79-52-46-42-38-34-30-26-22-18-14-8-2)71(74)82-63-73(61-76-49-11-5,62-77-50-12-6)64-83-72(75)66-57-69(80-53-47-43-39-35-31-27-23-19-15-9-3)60-70(58-66)81-54-48-44-40-36-32-28-24-20-16-10-4/h5-6,55-60H,7-10,13-54,61-64H2,1-4H3. The maximum Gasteiger partial charge on any atom is 0.338 e. The van der Waals surface area contributed by atoms with Crippen molar-refractivity contribution in [2.75, 3.05) is 66.1 Å². The molecule has 472 valence electrons. The van der Waals surface area contributed by atoms with E-state index in [1.165, 1.54) is 205 Å². The average molecular weight is 1160 g/mol. The zero-order chi connectivity index (χ0) is 59.8. The SMILES string of the molecule is C#CCOCC(COCC#C)(COC(=O)c1cc(OCCCCCCCCCCCC)cc(OCCCCCCCCCCCC)c1)COC(=O)c1cc(OCCCCCCCCCCCC)cc(OCCCCCCCCCCCC)c1. The van der Waals surface area contributed by atoms with E-state index in [-0.39, 0.29) is 50.8 Å². The maximum atomic E-state index is 14.2. The molecule has 0 aromatic heterocycles. The second-order valence-electron chi connectivity index (χ2n) is 23.6. The number of esters is 2. The zero-order valence-corrected chi connectivity index (χ0v) is 53.6. The molecule has 0 fully saturated rings. The first-order chi connectivity index (χ1) is 40.8. The smallest absolute Gasteiger partial charge is 0.338 e. The van der Waals surface area contributed by atoms with Crippen molar-refractivity contribution in [3.05, 3.63) is 47.5 Å². The Morgan fingerprint density at radius 2 is 0.542 bits per heavy atom. The quantitative estimate of drug-likeness (QED) is 0.0361. The van der Waals surface area contributed by atoms with Crippen molar-refractivity contribution in [3.8, 4) is 47.7 Å². The molecule has 2 aromatic rings. The first-order valence-electron chi connectivity index (χ1n) is 34.0. The van der Waals surface area contributed by atoms with Gasteiger partial charge in [0, 0.05) is 12.1 Å². The van der Waals surface area contributed by atoms with Gasteiger partial charge in [0.2, 0.25) is 0 Å². The lowest BCUT2D eigenvalue weighted by molar-refractivity contribution is -0.0777. The molecule has 10 heteroatoms.